The third-order valence-corrected chi connectivity index (χ3v) is 12.1. The highest BCUT2D eigenvalue weighted by Crippen LogP contribution is 2.49. The van der Waals surface area contributed by atoms with E-state index in [1.54, 1.807) is 0 Å². The fraction of sp³-hybridized carbons (Fsp3) is 0.444. The van der Waals surface area contributed by atoms with Crippen molar-refractivity contribution in [2.45, 2.75) is 115 Å². The lowest BCUT2D eigenvalue weighted by Gasteiger charge is -2.22. The highest BCUT2D eigenvalue weighted by molar-refractivity contribution is 5.69. The number of methoxy groups -OCH3 is 2. The van der Waals surface area contributed by atoms with Crippen LogP contribution in [-0.4, -0.2) is 80.1 Å². The molecule has 2 aliphatic carbocycles. The number of rotatable bonds is 14. The Morgan fingerprint density at radius 3 is 1.40 bits per heavy atom. The number of benzene rings is 2. The summed E-state index contributed by atoms with van der Waals surface area (Å²) >= 11 is 0. The normalized spacial score (nSPS) is 18.2. The van der Waals surface area contributed by atoms with Crippen molar-refractivity contribution in [1.29, 1.82) is 0 Å². The van der Waals surface area contributed by atoms with Crippen LogP contribution >= 0.6 is 0 Å². The summed E-state index contributed by atoms with van der Waals surface area (Å²) in [6, 6.07) is 12.3. The molecule has 0 saturated heterocycles. The first-order valence-corrected chi connectivity index (χ1v) is 22.1. The van der Waals surface area contributed by atoms with E-state index in [9.17, 15) is 25.0 Å². The number of nitro groups is 2. The predicted octanol–water partition coefficient (Wildman–Crippen LogP) is 8.96. The molecule has 2 fully saturated rings. The van der Waals surface area contributed by atoms with E-state index in [1.165, 1.54) is 63.0 Å². The van der Waals surface area contributed by atoms with E-state index in [-0.39, 0.29) is 58.6 Å². The Morgan fingerprint density at radius 1 is 0.632 bits per heavy atom. The number of nitrogens with one attached hydrogen (secondary N) is 2. The van der Waals surface area contributed by atoms with Crippen LogP contribution in [0.5, 0.6) is 23.5 Å². The molecule has 356 valence electrons. The molecule has 0 bridgehead atoms. The topological polar surface area (TPSA) is 277 Å². The van der Waals surface area contributed by atoms with Crippen LogP contribution in [0.15, 0.2) is 60.9 Å². The maximum Gasteiger partial charge on any atom is 0.519 e. The fourth-order valence-electron chi connectivity index (χ4n) is 8.92. The van der Waals surface area contributed by atoms with Crippen LogP contribution in [0, 0.1) is 20.2 Å². The zero-order chi connectivity index (χ0) is 48.5. The molecule has 2 saturated carbocycles. The number of anilines is 4. The molecular weight excluding hydrogens is 881 g/mol. The number of non-ortho nitro benzene ring substituents is 2. The maximum atomic E-state index is 13.8. The van der Waals surface area contributed by atoms with Gasteiger partial charge in [-0.25, -0.2) is 14.2 Å². The molecule has 6 aromatic rings. The molecular formula is C45H52N14O9. The van der Waals surface area contributed by atoms with Crippen molar-refractivity contribution in [3.63, 3.8) is 0 Å². The zero-order valence-electron chi connectivity index (χ0n) is 38.9. The average molecular weight is 933 g/mol. The lowest BCUT2D eigenvalue weighted by Crippen LogP contribution is -2.25. The molecule has 4 atom stereocenters. The number of nitro benzene ring substituents is 2. The van der Waals surface area contributed by atoms with Gasteiger partial charge in [-0.2, -0.15) is 30.4 Å². The van der Waals surface area contributed by atoms with Gasteiger partial charge in [-0.3, -0.25) is 20.2 Å². The molecule has 2 aromatic carbocycles. The molecule has 8 rings (SSSR count). The minimum Gasteiger partial charge on any atom is -0.466 e. The lowest BCUT2D eigenvalue weighted by molar-refractivity contribution is -0.385. The number of aromatic nitrogens is 10. The number of nitrogens with zero attached hydrogens (tertiary/aromatic N) is 12. The molecule has 68 heavy (non-hydrogen) atoms. The molecule has 4 unspecified atom stereocenters. The van der Waals surface area contributed by atoms with Gasteiger partial charge in [0.1, 0.15) is 23.1 Å². The first-order valence-electron chi connectivity index (χ1n) is 22.1. The molecule has 0 amide bonds. The van der Waals surface area contributed by atoms with Crippen molar-refractivity contribution < 1.29 is 33.6 Å². The van der Waals surface area contributed by atoms with E-state index in [2.05, 4.69) is 41.0 Å². The Labute approximate surface area is 390 Å². The summed E-state index contributed by atoms with van der Waals surface area (Å²) in [7, 11) is 2.91. The fourth-order valence-corrected chi connectivity index (χ4v) is 8.92. The van der Waals surface area contributed by atoms with Crippen LogP contribution < -0.4 is 29.6 Å². The molecule has 0 spiro atoms. The number of carbonyl (C=O) groups excluding carboxylic acids is 1. The first kappa shape index (κ1) is 46.7. The van der Waals surface area contributed by atoms with Gasteiger partial charge in [-0.15, -0.1) is 0 Å². The van der Waals surface area contributed by atoms with Crippen molar-refractivity contribution in [3.05, 3.63) is 104 Å². The Bertz CT molecular complexity index is 2660. The number of hydrogen-bond acceptors (Lipinski definition) is 19. The van der Waals surface area contributed by atoms with Crippen molar-refractivity contribution in [2.24, 2.45) is 0 Å². The van der Waals surface area contributed by atoms with E-state index in [0.29, 0.717) is 72.9 Å². The van der Waals surface area contributed by atoms with Crippen molar-refractivity contribution in [2.75, 3.05) is 24.9 Å². The Morgan fingerprint density at radius 2 is 1.03 bits per heavy atom. The summed E-state index contributed by atoms with van der Waals surface area (Å²) < 4.78 is 25.8. The van der Waals surface area contributed by atoms with Crippen LogP contribution in [0.1, 0.15) is 126 Å². The summed E-state index contributed by atoms with van der Waals surface area (Å²) in [5.74, 6) is 1.86. The Kier molecular flexibility index (Phi) is 12.9. The van der Waals surface area contributed by atoms with Gasteiger partial charge in [0.15, 0.2) is 11.6 Å². The van der Waals surface area contributed by atoms with Gasteiger partial charge in [-0.05, 0) is 104 Å². The van der Waals surface area contributed by atoms with Crippen LogP contribution in [0.3, 0.4) is 0 Å². The second-order valence-electron chi connectivity index (χ2n) is 18.8. The van der Waals surface area contributed by atoms with Gasteiger partial charge in [0.25, 0.3) is 11.4 Å². The van der Waals surface area contributed by atoms with Gasteiger partial charge in [-0.1, -0.05) is 10.2 Å². The third-order valence-electron chi connectivity index (χ3n) is 12.1. The molecule has 23 heteroatoms. The third kappa shape index (κ3) is 10.2. The van der Waals surface area contributed by atoms with E-state index in [4.69, 9.17) is 29.1 Å². The van der Waals surface area contributed by atoms with Crippen molar-refractivity contribution in [1.82, 2.24) is 49.9 Å². The Hall–Kier alpha value is -7.85. The lowest BCUT2D eigenvalue weighted by atomic mass is 9.94. The minimum atomic E-state index is -1.09. The average Bonchev–Trinajstić information content (AvgIpc) is 4.13. The maximum absolute atomic E-state index is 13.8. The van der Waals surface area contributed by atoms with Gasteiger partial charge in [0, 0.05) is 59.4 Å². The smallest absolute Gasteiger partial charge is 0.466 e. The number of hydrogen-bond donors (Lipinski definition) is 2. The van der Waals surface area contributed by atoms with Crippen molar-refractivity contribution >= 4 is 40.8 Å². The first-order chi connectivity index (χ1) is 32.4. The van der Waals surface area contributed by atoms with Gasteiger partial charge in [0.05, 0.1) is 58.9 Å². The zero-order valence-corrected chi connectivity index (χ0v) is 38.9. The van der Waals surface area contributed by atoms with Crippen LogP contribution in [-0.2, 0) is 11.1 Å². The highest BCUT2D eigenvalue weighted by Gasteiger charge is 2.36. The van der Waals surface area contributed by atoms with Gasteiger partial charge in [0.2, 0.25) is 0 Å². The molecule has 4 aromatic heterocycles. The minimum absolute atomic E-state index is 0.0379. The summed E-state index contributed by atoms with van der Waals surface area (Å²) in [4.78, 5) is 45.5. The summed E-state index contributed by atoms with van der Waals surface area (Å²) in [6.07, 6.45) is 5.66. The Balaban J connectivity index is 1.01. The van der Waals surface area contributed by atoms with Crippen molar-refractivity contribution in [3.8, 4) is 23.5 Å². The van der Waals surface area contributed by atoms with Crippen LogP contribution in [0.2, 0.25) is 0 Å². The van der Waals surface area contributed by atoms with Gasteiger partial charge < -0.3 is 29.6 Å². The predicted molar refractivity (Wildman–Crippen MR) is 245 cm³/mol. The standard InChI is InChI=1S/C45H52N14O9/c1-44(2,3)56-39(48-37-23-46-52-41(50-37)65-7)21-33(54-56)27-11-9-25(17-27)31-19-29(58(61)62)13-15-35(31)67-43(60)68-36-16-14-30(59(63)64)20-32(36)26-10-12-28(18-26)34-22-40(57(55-34)45(4,5)6)49-38-24-47-53-42(51-38)66-8/h13-16,19-28H,9-12,17-18H2,1-8H3,(H,48,50,52)(H,49,51,53). The van der Waals surface area contributed by atoms with E-state index >= 15 is 0 Å². The molecule has 2 aliphatic rings. The number of ether oxygens (including phenoxy) is 4. The van der Waals surface area contributed by atoms with E-state index < -0.39 is 27.1 Å². The van der Waals surface area contributed by atoms with Crippen LogP contribution in [0.25, 0.3) is 0 Å². The largest absolute Gasteiger partial charge is 0.519 e. The SMILES string of the molecule is COc1nncc(Nc2cc(C3CCC(c4cc([N+](=O)[O-])ccc4OC(=O)Oc4ccc([N+](=O)[O-])cc4C4CCC(c5cc(Nc6cnnc(OC)n6)n(C(C)(C)C)n5)C4)C3)nn2C(C)(C)C)n1. The summed E-state index contributed by atoms with van der Waals surface area (Å²) in [5, 5.41) is 56.2. The monoisotopic (exact) mass is 932 g/mol. The summed E-state index contributed by atoms with van der Waals surface area (Å²) in [6.45, 7) is 12.2. The second-order valence-corrected chi connectivity index (χ2v) is 18.8. The molecule has 4 heterocycles. The molecule has 0 radical (unpaired) electrons. The summed E-state index contributed by atoms with van der Waals surface area (Å²) in [5.41, 5.74) is 1.43. The number of carbonyl (C=O) groups is 1. The second kappa shape index (κ2) is 18.8. The molecule has 23 nitrogen and oxygen atoms in total. The molecule has 2 N–H and O–H groups in total. The highest BCUT2D eigenvalue weighted by atomic mass is 16.7. The molecule has 0 aliphatic heterocycles. The van der Waals surface area contributed by atoms with Crippen LogP contribution in [0.4, 0.5) is 39.4 Å². The quantitative estimate of drug-likeness (QED) is 0.0446. The van der Waals surface area contributed by atoms with E-state index in [1.807, 2.05) is 63.0 Å². The van der Waals surface area contributed by atoms with Gasteiger partial charge >= 0.3 is 18.2 Å². The van der Waals surface area contributed by atoms with E-state index in [0.717, 1.165) is 11.4 Å².